The van der Waals surface area contributed by atoms with E-state index in [1.54, 1.807) is 0 Å². The number of Topliss-reactive ketones (excluding diaryl/α,β-unsaturated/α-hetero) is 1. The highest BCUT2D eigenvalue weighted by atomic mass is 19.4. The molecule has 1 aromatic heterocycles. The molecular formula is C19H18F3NO7. The number of ether oxygens (including phenoxy) is 4. The first-order valence-electron chi connectivity index (χ1n) is 8.37. The predicted molar refractivity (Wildman–Crippen MR) is 97.1 cm³/mol. The average Bonchev–Trinajstić information content (AvgIpc) is 2.71. The van der Waals surface area contributed by atoms with Gasteiger partial charge in [-0.1, -0.05) is 0 Å². The number of rotatable bonds is 8. The summed E-state index contributed by atoms with van der Waals surface area (Å²) in [6, 6.07) is 4.01. The van der Waals surface area contributed by atoms with Gasteiger partial charge in [-0.25, -0.2) is 0 Å². The molecule has 0 bridgehead atoms. The van der Waals surface area contributed by atoms with Gasteiger partial charge in [0.05, 0.1) is 26.9 Å². The molecule has 2 rings (SSSR count). The van der Waals surface area contributed by atoms with E-state index in [4.69, 9.17) is 18.9 Å². The van der Waals surface area contributed by atoms with Gasteiger partial charge in [0.1, 0.15) is 6.54 Å². The summed E-state index contributed by atoms with van der Waals surface area (Å²) in [6.45, 7) is -1.49. The quantitative estimate of drug-likeness (QED) is 0.470. The van der Waals surface area contributed by atoms with E-state index >= 15 is 0 Å². The van der Waals surface area contributed by atoms with Crippen molar-refractivity contribution in [3.8, 4) is 17.2 Å². The fraction of sp³-hybridized carbons (Fsp3) is 0.316. The summed E-state index contributed by atoms with van der Waals surface area (Å²) < 4.78 is 59.0. The largest absolute Gasteiger partial charge is 0.493 e. The van der Waals surface area contributed by atoms with Gasteiger partial charge in [-0.05, 0) is 18.2 Å². The Kier molecular flexibility index (Phi) is 7.09. The molecule has 0 aliphatic rings. The maximum absolute atomic E-state index is 12.8. The molecule has 0 N–H and O–H groups in total. The number of carbonyl (C=O) groups excluding carboxylic acids is 2. The molecule has 0 aliphatic carbocycles. The highest BCUT2D eigenvalue weighted by molar-refractivity contribution is 5.99. The van der Waals surface area contributed by atoms with Gasteiger partial charge in [0, 0.05) is 17.8 Å². The van der Waals surface area contributed by atoms with Crippen LogP contribution in [0.5, 0.6) is 17.2 Å². The van der Waals surface area contributed by atoms with Crippen molar-refractivity contribution in [1.29, 1.82) is 0 Å². The molecule has 0 aliphatic heterocycles. The molecule has 30 heavy (non-hydrogen) atoms. The highest BCUT2D eigenvalue weighted by Gasteiger charge is 2.31. The Bertz CT molecular complexity index is 973. The first kappa shape index (κ1) is 22.8. The number of hydrogen-bond acceptors (Lipinski definition) is 7. The lowest BCUT2D eigenvalue weighted by molar-refractivity contribution is -0.144. The maximum atomic E-state index is 12.8. The van der Waals surface area contributed by atoms with Gasteiger partial charge in [-0.2, -0.15) is 13.2 Å². The van der Waals surface area contributed by atoms with Crippen LogP contribution in [0.25, 0.3) is 0 Å². The van der Waals surface area contributed by atoms with E-state index in [0.717, 1.165) is 0 Å². The summed E-state index contributed by atoms with van der Waals surface area (Å²) in [4.78, 5) is 35.9. The molecule has 0 fully saturated rings. The van der Waals surface area contributed by atoms with Crippen molar-refractivity contribution in [2.24, 2.45) is 0 Å². The Morgan fingerprint density at radius 3 is 2.10 bits per heavy atom. The molecule has 0 atom stereocenters. The minimum absolute atomic E-state index is 0.0912. The van der Waals surface area contributed by atoms with Gasteiger partial charge in [0.15, 0.2) is 18.1 Å². The molecule has 1 aromatic carbocycles. The van der Waals surface area contributed by atoms with E-state index in [1.165, 1.54) is 33.5 Å². The van der Waals surface area contributed by atoms with Gasteiger partial charge >= 0.3 is 12.1 Å². The normalized spacial score (nSPS) is 11.0. The summed E-state index contributed by atoms with van der Waals surface area (Å²) >= 11 is 0. The fourth-order valence-corrected chi connectivity index (χ4v) is 2.48. The van der Waals surface area contributed by atoms with Crippen molar-refractivity contribution < 1.29 is 41.7 Å². The van der Waals surface area contributed by atoms with E-state index in [-0.39, 0.29) is 22.8 Å². The van der Waals surface area contributed by atoms with Crippen molar-refractivity contribution >= 4 is 11.8 Å². The zero-order valence-electron chi connectivity index (χ0n) is 16.2. The number of aromatic nitrogens is 1. The Morgan fingerprint density at radius 2 is 1.60 bits per heavy atom. The Labute approximate surface area is 168 Å². The van der Waals surface area contributed by atoms with Crippen LogP contribution in [-0.4, -0.2) is 44.3 Å². The van der Waals surface area contributed by atoms with Gasteiger partial charge < -0.3 is 23.5 Å². The van der Waals surface area contributed by atoms with E-state index < -0.39 is 42.2 Å². The smallest absolute Gasteiger partial charge is 0.417 e. The monoisotopic (exact) mass is 429 g/mol. The van der Waals surface area contributed by atoms with E-state index in [0.29, 0.717) is 22.9 Å². The topological polar surface area (TPSA) is 93.1 Å². The SMILES string of the molecule is COc1cc(C(=O)COC(=O)Cn2cc(C(F)(F)F)ccc2=O)cc(OC)c1OC. The minimum atomic E-state index is -4.68. The number of halogens is 3. The van der Waals surface area contributed by atoms with Crippen LogP contribution in [0.15, 0.2) is 35.3 Å². The van der Waals surface area contributed by atoms with Crippen molar-refractivity contribution in [3.05, 3.63) is 51.9 Å². The van der Waals surface area contributed by atoms with Crippen LogP contribution >= 0.6 is 0 Å². The third-order valence-corrected chi connectivity index (χ3v) is 3.96. The third kappa shape index (κ3) is 5.31. The second kappa shape index (κ2) is 9.33. The fourth-order valence-electron chi connectivity index (χ4n) is 2.48. The molecule has 162 valence electrons. The van der Waals surface area contributed by atoms with Crippen LogP contribution in [0.3, 0.4) is 0 Å². The molecule has 0 amide bonds. The van der Waals surface area contributed by atoms with Crippen LogP contribution in [-0.2, 0) is 22.3 Å². The second-order valence-corrected chi connectivity index (χ2v) is 5.88. The second-order valence-electron chi connectivity index (χ2n) is 5.88. The molecular weight excluding hydrogens is 411 g/mol. The van der Waals surface area contributed by atoms with Crippen molar-refractivity contribution in [2.75, 3.05) is 27.9 Å². The molecule has 0 spiro atoms. The lowest BCUT2D eigenvalue weighted by Crippen LogP contribution is -2.27. The highest BCUT2D eigenvalue weighted by Crippen LogP contribution is 2.38. The van der Waals surface area contributed by atoms with Crippen molar-refractivity contribution in [2.45, 2.75) is 12.7 Å². The van der Waals surface area contributed by atoms with E-state index in [9.17, 15) is 27.6 Å². The number of methoxy groups -OCH3 is 3. The molecule has 2 aromatic rings. The Balaban J connectivity index is 2.10. The summed E-state index contributed by atoms with van der Waals surface area (Å²) in [6.07, 6.45) is -4.17. The number of esters is 1. The number of benzene rings is 1. The van der Waals surface area contributed by atoms with Crippen molar-refractivity contribution in [1.82, 2.24) is 4.57 Å². The number of carbonyl (C=O) groups is 2. The zero-order chi connectivity index (χ0) is 22.5. The standard InChI is InChI=1S/C19H18F3NO7/c1-27-14-6-11(7-15(28-2)18(14)29-3)13(24)10-30-17(26)9-23-8-12(19(20,21)22)4-5-16(23)25/h4-8H,9-10H2,1-3H3. The van der Waals surface area contributed by atoms with Crippen LogP contribution in [0.1, 0.15) is 15.9 Å². The lowest BCUT2D eigenvalue weighted by atomic mass is 10.1. The van der Waals surface area contributed by atoms with Gasteiger partial charge in [-0.3, -0.25) is 14.4 Å². The zero-order valence-corrected chi connectivity index (χ0v) is 16.2. The molecule has 11 heteroatoms. The van der Waals surface area contributed by atoms with Crippen LogP contribution in [0, 0.1) is 0 Å². The first-order valence-corrected chi connectivity index (χ1v) is 8.37. The summed E-state index contributed by atoms with van der Waals surface area (Å²) in [5.41, 5.74) is -1.83. The number of hydrogen-bond donors (Lipinski definition) is 0. The van der Waals surface area contributed by atoms with E-state index in [1.807, 2.05) is 0 Å². The Morgan fingerprint density at radius 1 is 1.00 bits per heavy atom. The summed E-state index contributed by atoms with van der Waals surface area (Å²) in [5, 5.41) is 0. The van der Waals surface area contributed by atoms with Gasteiger partial charge in [0.25, 0.3) is 5.56 Å². The van der Waals surface area contributed by atoms with Crippen molar-refractivity contribution in [3.63, 3.8) is 0 Å². The van der Waals surface area contributed by atoms with Crippen LogP contribution in [0.2, 0.25) is 0 Å². The number of alkyl halides is 3. The van der Waals surface area contributed by atoms with Crippen LogP contribution in [0.4, 0.5) is 13.2 Å². The third-order valence-electron chi connectivity index (χ3n) is 3.96. The Hall–Kier alpha value is -3.50. The minimum Gasteiger partial charge on any atom is -0.493 e. The average molecular weight is 429 g/mol. The molecule has 1 heterocycles. The molecule has 0 saturated heterocycles. The summed E-state index contributed by atoms with van der Waals surface area (Å²) in [5.74, 6) is -1.00. The lowest BCUT2D eigenvalue weighted by Gasteiger charge is -2.14. The van der Waals surface area contributed by atoms with Gasteiger partial charge in [0.2, 0.25) is 11.5 Å². The van der Waals surface area contributed by atoms with Crippen LogP contribution < -0.4 is 19.8 Å². The first-order chi connectivity index (χ1) is 14.1. The number of ketones is 1. The van der Waals surface area contributed by atoms with Gasteiger partial charge in [-0.15, -0.1) is 0 Å². The summed E-state index contributed by atoms with van der Waals surface area (Å²) in [7, 11) is 4.11. The molecule has 8 nitrogen and oxygen atoms in total. The predicted octanol–water partition coefficient (Wildman–Crippen LogP) is 2.32. The number of nitrogens with zero attached hydrogens (tertiary/aromatic N) is 1. The number of pyridine rings is 1. The molecule has 0 saturated carbocycles. The van der Waals surface area contributed by atoms with E-state index in [2.05, 4.69) is 0 Å². The maximum Gasteiger partial charge on any atom is 0.417 e. The molecule has 0 unspecified atom stereocenters. The molecule has 0 radical (unpaired) electrons.